The molecule has 2 aromatic carbocycles. The van der Waals surface area contributed by atoms with Crippen molar-refractivity contribution in [1.82, 2.24) is 5.32 Å². The molecule has 0 heterocycles. The lowest BCUT2D eigenvalue weighted by Crippen LogP contribution is -2.48. The molecule has 4 rings (SSSR count). The van der Waals surface area contributed by atoms with E-state index in [-0.39, 0.29) is 6.04 Å². The highest BCUT2D eigenvalue weighted by Gasteiger charge is 2.60. The average Bonchev–Trinajstić information content (AvgIpc) is 3.06. The molecule has 4 atom stereocenters. The van der Waals surface area contributed by atoms with E-state index in [0.29, 0.717) is 23.5 Å². The molecule has 0 aliphatic heterocycles. The van der Waals surface area contributed by atoms with E-state index in [2.05, 4.69) is 62.5 Å². The van der Waals surface area contributed by atoms with Crippen LogP contribution in [0.1, 0.15) is 51.2 Å². The molecule has 0 spiro atoms. The first-order valence-corrected chi connectivity index (χ1v) is 11.1. The zero-order valence-corrected chi connectivity index (χ0v) is 18.2. The summed E-state index contributed by atoms with van der Waals surface area (Å²) in [6, 6.07) is 19.4. The molecule has 0 aromatic heterocycles. The Labute approximate surface area is 176 Å². The van der Waals surface area contributed by atoms with Gasteiger partial charge in [0.25, 0.3) is 0 Å². The second-order valence-electron chi connectivity index (χ2n) is 9.95. The zero-order valence-electron chi connectivity index (χ0n) is 18.2. The normalized spacial score (nSPS) is 28.4. The lowest BCUT2D eigenvalue weighted by atomic mass is 9.69. The fourth-order valence-electron chi connectivity index (χ4n) is 5.64. The quantitative estimate of drug-likeness (QED) is 0.669. The number of fused-ring (bicyclic) bond motifs is 2. The van der Waals surface area contributed by atoms with Crippen LogP contribution in [0.4, 0.5) is 0 Å². The average molecular weight is 393 g/mol. The molecule has 2 saturated carbocycles. The van der Waals surface area contributed by atoms with Gasteiger partial charge in [0.1, 0.15) is 12.4 Å². The summed E-state index contributed by atoms with van der Waals surface area (Å²) in [5.41, 5.74) is 9.78. The fourth-order valence-corrected chi connectivity index (χ4v) is 5.64. The summed E-state index contributed by atoms with van der Waals surface area (Å²) in [5, 5.41) is 3.83. The Kier molecular flexibility index (Phi) is 5.72. The first-order valence-electron chi connectivity index (χ1n) is 11.1. The molecule has 2 aliphatic carbocycles. The predicted octanol–water partition coefficient (Wildman–Crippen LogP) is 4.94. The lowest BCUT2D eigenvalue weighted by molar-refractivity contribution is 0.120. The predicted molar refractivity (Wildman–Crippen MR) is 120 cm³/mol. The zero-order chi connectivity index (χ0) is 20.5. The molecule has 2 aliphatic rings. The van der Waals surface area contributed by atoms with Crippen molar-refractivity contribution in [3.63, 3.8) is 0 Å². The molecule has 0 amide bonds. The number of nitrogens with two attached hydrogens (primary N) is 1. The maximum Gasteiger partial charge on any atom is 0.119 e. The van der Waals surface area contributed by atoms with E-state index in [4.69, 9.17) is 10.5 Å². The van der Waals surface area contributed by atoms with Crippen LogP contribution in [0.3, 0.4) is 0 Å². The topological polar surface area (TPSA) is 47.3 Å². The van der Waals surface area contributed by atoms with Crippen molar-refractivity contribution in [2.75, 3.05) is 6.54 Å². The van der Waals surface area contributed by atoms with Crippen molar-refractivity contribution in [1.29, 1.82) is 0 Å². The van der Waals surface area contributed by atoms with Crippen LogP contribution in [0.15, 0.2) is 54.6 Å². The molecule has 29 heavy (non-hydrogen) atoms. The van der Waals surface area contributed by atoms with Crippen LogP contribution >= 0.6 is 0 Å². The molecular weight excluding hydrogens is 356 g/mol. The van der Waals surface area contributed by atoms with Crippen LogP contribution < -0.4 is 15.8 Å². The van der Waals surface area contributed by atoms with Crippen molar-refractivity contribution in [2.24, 2.45) is 22.5 Å². The van der Waals surface area contributed by atoms with Gasteiger partial charge in [-0.05, 0) is 65.7 Å². The number of hydrogen-bond acceptors (Lipinski definition) is 3. The monoisotopic (exact) mass is 392 g/mol. The minimum absolute atomic E-state index is 0.136. The van der Waals surface area contributed by atoms with Gasteiger partial charge in [-0.25, -0.2) is 0 Å². The van der Waals surface area contributed by atoms with Gasteiger partial charge in [0.15, 0.2) is 0 Å². The van der Waals surface area contributed by atoms with Crippen LogP contribution in [-0.4, -0.2) is 18.6 Å². The van der Waals surface area contributed by atoms with Crippen molar-refractivity contribution in [2.45, 2.75) is 65.1 Å². The molecule has 0 radical (unpaired) electrons. The number of rotatable bonds is 8. The van der Waals surface area contributed by atoms with E-state index in [1.165, 1.54) is 30.4 Å². The Hall–Kier alpha value is -1.84. The van der Waals surface area contributed by atoms with Crippen LogP contribution in [-0.2, 0) is 13.0 Å². The van der Waals surface area contributed by atoms with E-state index in [1.807, 2.05) is 18.2 Å². The summed E-state index contributed by atoms with van der Waals surface area (Å²) in [5.74, 6) is 1.77. The van der Waals surface area contributed by atoms with Crippen LogP contribution in [0, 0.1) is 16.7 Å². The Morgan fingerprint density at radius 2 is 1.76 bits per heavy atom. The first-order chi connectivity index (χ1) is 13.9. The molecule has 2 bridgehead atoms. The minimum atomic E-state index is 0.136. The van der Waals surface area contributed by atoms with E-state index < -0.39 is 0 Å². The summed E-state index contributed by atoms with van der Waals surface area (Å²) in [7, 11) is 0. The Balaban J connectivity index is 1.24. The van der Waals surface area contributed by atoms with Gasteiger partial charge in [0.2, 0.25) is 0 Å². The van der Waals surface area contributed by atoms with Gasteiger partial charge >= 0.3 is 0 Å². The molecule has 2 aromatic rings. The molecule has 2 fully saturated rings. The van der Waals surface area contributed by atoms with E-state index >= 15 is 0 Å². The maximum absolute atomic E-state index is 6.47. The second-order valence-corrected chi connectivity index (χ2v) is 9.95. The number of nitrogens with one attached hydrogen (secondary N) is 1. The molecule has 0 unspecified atom stereocenters. The summed E-state index contributed by atoms with van der Waals surface area (Å²) in [6.45, 7) is 8.90. The van der Waals surface area contributed by atoms with E-state index in [9.17, 15) is 0 Å². The van der Waals surface area contributed by atoms with Crippen molar-refractivity contribution < 1.29 is 4.74 Å². The lowest BCUT2D eigenvalue weighted by Gasteiger charge is -2.40. The molecule has 3 nitrogen and oxygen atoms in total. The van der Waals surface area contributed by atoms with E-state index in [1.54, 1.807) is 0 Å². The highest BCUT2D eigenvalue weighted by molar-refractivity contribution is 5.28. The van der Waals surface area contributed by atoms with Crippen LogP contribution in [0.2, 0.25) is 0 Å². The fraction of sp³-hybridized carbons (Fsp3) is 0.538. The van der Waals surface area contributed by atoms with Gasteiger partial charge in [-0.2, -0.15) is 0 Å². The van der Waals surface area contributed by atoms with Gasteiger partial charge in [0.05, 0.1) is 0 Å². The van der Waals surface area contributed by atoms with Crippen molar-refractivity contribution >= 4 is 0 Å². The van der Waals surface area contributed by atoms with Gasteiger partial charge in [-0.1, -0.05) is 63.2 Å². The Bertz CT molecular complexity index is 801. The second kappa shape index (κ2) is 8.12. The van der Waals surface area contributed by atoms with Gasteiger partial charge in [-0.15, -0.1) is 0 Å². The van der Waals surface area contributed by atoms with E-state index in [0.717, 1.165) is 24.6 Å². The number of benzene rings is 2. The smallest absolute Gasteiger partial charge is 0.119 e. The number of ether oxygens (including phenoxy) is 1. The number of hydrogen-bond donors (Lipinski definition) is 2. The highest BCUT2D eigenvalue weighted by Crippen LogP contribution is 2.65. The van der Waals surface area contributed by atoms with Crippen molar-refractivity contribution in [3.8, 4) is 5.75 Å². The largest absolute Gasteiger partial charge is 0.489 e. The molecule has 3 heteroatoms. The maximum atomic E-state index is 6.47. The summed E-state index contributed by atoms with van der Waals surface area (Å²) < 4.78 is 5.88. The summed E-state index contributed by atoms with van der Waals surface area (Å²) >= 11 is 0. The summed E-state index contributed by atoms with van der Waals surface area (Å²) in [6.07, 6.45) is 4.94. The Morgan fingerprint density at radius 3 is 2.38 bits per heavy atom. The molecule has 0 saturated heterocycles. The standard InChI is InChI=1S/C26H36N2O/c1-25(2)21-13-14-26(25,3)24(16-21)28-17-22(27)15-19-9-11-23(12-10-19)29-18-20-7-5-4-6-8-20/h4-12,21-22,24,28H,13-18,27H2,1-3H3/t21-,22+,24-,26+/m1/s1. The minimum Gasteiger partial charge on any atom is -0.489 e. The Morgan fingerprint density at radius 1 is 1.03 bits per heavy atom. The van der Waals surface area contributed by atoms with Gasteiger partial charge in [-0.3, -0.25) is 0 Å². The van der Waals surface area contributed by atoms with Crippen LogP contribution in [0.5, 0.6) is 5.75 Å². The van der Waals surface area contributed by atoms with Gasteiger partial charge < -0.3 is 15.8 Å². The van der Waals surface area contributed by atoms with Crippen molar-refractivity contribution in [3.05, 3.63) is 65.7 Å². The van der Waals surface area contributed by atoms with Gasteiger partial charge in [0, 0.05) is 18.6 Å². The highest BCUT2D eigenvalue weighted by atomic mass is 16.5. The van der Waals surface area contributed by atoms with Crippen LogP contribution in [0.25, 0.3) is 0 Å². The first kappa shape index (κ1) is 20.4. The third-order valence-electron chi connectivity index (χ3n) is 8.09. The third kappa shape index (κ3) is 4.08. The SMILES string of the molecule is CC1(C)[C@@H]2CC[C@@]1(C)[C@H](NC[C@@H](N)Cc1ccc(OCc3ccccc3)cc1)C2. The molecule has 156 valence electrons. The molecule has 3 N–H and O–H groups in total. The third-order valence-corrected chi connectivity index (χ3v) is 8.09. The molecular formula is C26H36N2O. The summed E-state index contributed by atoms with van der Waals surface area (Å²) in [4.78, 5) is 0.